The van der Waals surface area contributed by atoms with Crippen LogP contribution >= 0.6 is 12.4 Å². The van der Waals surface area contributed by atoms with Crippen molar-refractivity contribution in [1.82, 2.24) is 9.80 Å². The first-order valence-electron chi connectivity index (χ1n) is 12.7. The Bertz CT molecular complexity index is 1020. The van der Waals surface area contributed by atoms with Gasteiger partial charge in [-0.25, -0.2) is 0 Å². The van der Waals surface area contributed by atoms with Gasteiger partial charge >= 0.3 is 0 Å². The fourth-order valence-electron chi connectivity index (χ4n) is 6.12. The summed E-state index contributed by atoms with van der Waals surface area (Å²) in [5.74, 6) is 2.13. The minimum Gasteiger partial charge on any atom is -0.497 e. The van der Waals surface area contributed by atoms with Crippen LogP contribution < -0.4 is 14.4 Å². The highest BCUT2D eigenvalue weighted by atomic mass is 35.5. The molecule has 2 aromatic carbocycles. The summed E-state index contributed by atoms with van der Waals surface area (Å²) in [6.07, 6.45) is 6.51. The molecule has 35 heavy (non-hydrogen) atoms. The number of likely N-dealkylation sites (tertiary alicyclic amines) is 1. The van der Waals surface area contributed by atoms with Crippen LogP contribution in [0.5, 0.6) is 11.5 Å². The SMILES string of the molecule is COc1cccc(N2CCN(CC(=O)N3CCCCC34CCc3cc(OC)ccc3C4)CC2)c1.Cl. The molecule has 7 heteroatoms. The van der Waals surface area contributed by atoms with Crippen LogP contribution in [-0.4, -0.2) is 74.7 Å². The molecule has 0 bridgehead atoms. The van der Waals surface area contributed by atoms with Gasteiger partial charge in [0.2, 0.25) is 5.91 Å². The summed E-state index contributed by atoms with van der Waals surface area (Å²) in [5, 5.41) is 0. The predicted octanol–water partition coefficient (Wildman–Crippen LogP) is 4.19. The highest BCUT2D eigenvalue weighted by Gasteiger charge is 2.43. The quantitative estimate of drug-likeness (QED) is 0.617. The first kappa shape index (κ1) is 25.6. The molecule has 2 aliphatic heterocycles. The molecule has 1 atom stereocenters. The van der Waals surface area contributed by atoms with E-state index in [4.69, 9.17) is 9.47 Å². The van der Waals surface area contributed by atoms with Crippen LogP contribution in [0.2, 0.25) is 0 Å². The van der Waals surface area contributed by atoms with Gasteiger partial charge in [0, 0.05) is 50.0 Å². The molecule has 1 spiro atoms. The molecule has 0 aromatic heterocycles. The molecule has 2 aromatic rings. The number of aryl methyl sites for hydroxylation is 1. The number of piperazine rings is 1. The first-order chi connectivity index (χ1) is 16.6. The smallest absolute Gasteiger partial charge is 0.237 e. The van der Waals surface area contributed by atoms with Crippen molar-refractivity contribution in [3.63, 3.8) is 0 Å². The van der Waals surface area contributed by atoms with E-state index in [-0.39, 0.29) is 17.9 Å². The van der Waals surface area contributed by atoms with E-state index in [9.17, 15) is 4.79 Å². The minimum atomic E-state index is -0.0145. The lowest BCUT2D eigenvalue weighted by Gasteiger charge is -2.50. The summed E-state index contributed by atoms with van der Waals surface area (Å²) in [6.45, 7) is 5.11. The molecule has 1 unspecified atom stereocenters. The number of fused-ring (bicyclic) bond motifs is 1. The fourth-order valence-corrected chi connectivity index (χ4v) is 6.12. The number of halogens is 1. The van der Waals surface area contributed by atoms with E-state index in [1.54, 1.807) is 14.2 Å². The number of methoxy groups -OCH3 is 2. The van der Waals surface area contributed by atoms with Crippen LogP contribution in [0.25, 0.3) is 0 Å². The molecule has 3 aliphatic rings. The van der Waals surface area contributed by atoms with Crippen molar-refractivity contribution in [2.45, 2.75) is 44.1 Å². The average molecular weight is 500 g/mol. The topological polar surface area (TPSA) is 45.2 Å². The number of piperidine rings is 1. The summed E-state index contributed by atoms with van der Waals surface area (Å²) < 4.78 is 10.8. The number of hydrogen-bond acceptors (Lipinski definition) is 5. The third kappa shape index (κ3) is 5.39. The molecule has 5 rings (SSSR count). The zero-order chi connectivity index (χ0) is 23.5. The van der Waals surface area contributed by atoms with E-state index >= 15 is 0 Å². The number of carbonyl (C=O) groups is 1. The van der Waals surface area contributed by atoms with Crippen molar-refractivity contribution in [2.75, 3.05) is 58.4 Å². The summed E-state index contributed by atoms with van der Waals surface area (Å²) in [4.78, 5) is 20.6. The second-order valence-corrected chi connectivity index (χ2v) is 10.0. The molecule has 0 N–H and O–H groups in total. The van der Waals surface area contributed by atoms with Gasteiger partial charge in [-0.1, -0.05) is 12.1 Å². The lowest BCUT2D eigenvalue weighted by atomic mass is 9.72. The maximum atomic E-state index is 13.6. The largest absolute Gasteiger partial charge is 0.497 e. The van der Waals surface area contributed by atoms with Gasteiger partial charge in [-0.3, -0.25) is 9.69 Å². The highest BCUT2D eigenvalue weighted by molar-refractivity contribution is 5.85. The normalized spacial score (nSPS) is 22.3. The molecule has 2 saturated heterocycles. The van der Waals surface area contributed by atoms with Crippen molar-refractivity contribution in [3.8, 4) is 11.5 Å². The van der Waals surface area contributed by atoms with Gasteiger partial charge in [0.25, 0.3) is 0 Å². The van der Waals surface area contributed by atoms with E-state index in [0.29, 0.717) is 12.5 Å². The molecule has 0 radical (unpaired) electrons. The summed E-state index contributed by atoms with van der Waals surface area (Å²) in [7, 11) is 3.43. The first-order valence-corrected chi connectivity index (χ1v) is 12.7. The van der Waals surface area contributed by atoms with Crippen LogP contribution in [0.15, 0.2) is 42.5 Å². The standard InChI is InChI=1S/C28H37N3O3.ClH/c1-33-25-7-5-6-24(19-25)30-16-14-29(15-17-30)21-27(32)31-13-4-3-11-28(31)12-10-22-18-26(34-2)9-8-23(22)20-28;/h5-9,18-19H,3-4,10-17,20-21H2,1-2H3;1H. The molecule has 1 amide bonds. The van der Waals surface area contributed by atoms with Crippen LogP contribution in [0.4, 0.5) is 5.69 Å². The summed E-state index contributed by atoms with van der Waals surface area (Å²) in [6, 6.07) is 14.7. The number of anilines is 1. The Labute approximate surface area is 215 Å². The maximum absolute atomic E-state index is 13.6. The van der Waals surface area contributed by atoms with Crippen LogP contribution in [0, 0.1) is 0 Å². The maximum Gasteiger partial charge on any atom is 0.237 e. The average Bonchev–Trinajstić information content (AvgIpc) is 2.89. The molecule has 1 aliphatic carbocycles. The molecular weight excluding hydrogens is 462 g/mol. The Morgan fingerprint density at radius 2 is 1.66 bits per heavy atom. The van der Waals surface area contributed by atoms with Crippen LogP contribution in [-0.2, 0) is 17.6 Å². The van der Waals surface area contributed by atoms with Crippen molar-refractivity contribution in [2.24, 2.45) is 0 Å². The van der Waals surface area contributed by atoms with E-state index in [2.05, 4.69) is 45.0 Å². The number of hydrogen-bond donors (Lipinski definition) is 0. The van der Waals surface area contributed by atoms with Crippen LogP contribution in [0.3, 0.4) is 0 Å². The monoisotopic (exact) mass is 499 g/mol. The zero-order valence-corrected chi connectivity index (χ0v) is 21.8. The minimum absolute atomic E-state index is 0. The van der Waals surface area contributed by atoms with Gasteiger partial charge in [-0.05, 0) is 73.9 Å². The van der Waals surface area contributed by atoms with Gasteiger partial charge in [-0.15, -0.1) is 12.4 Å². The van der Waals surface area contributed by atoms with Gasteiger partial charge in [0.05, 0.1) is 20.8 Å². The third-order valence-electron chi connectivity index (χ3n) is 8.09. The van der Waals surface area contributed by atoms with Crippen LogP contribution in [0.1, 0.15) is 36.8 Å². The van der Waals surface area contributed by atoms with Crippen molar-refractivity contribution >= 4 is 24.0 Å². The third-order valence-corrected chi connectivity index (χ3v) is 8.09. The number of amides is 1. The second kappa shape index (κ2) is 11.1. The van der Waals surface area contributed by atoms with E-state index in [1.807, 2.05) is 12.1 Å². The lowest BCUT2D eigenvalue weighted by molar-refractivity contribution is -0.142. The van der Waals surface area contributed by atoms with E-state index in [1.165, 1.54) is 23.2 Å². The number of carbonyl (C=O) groups excluding carboxylic acids is 1. The Balaban J connectivity index is 0.00000289. The second-order valence-electron chi connectivity index (χ2n) is 10.0. The zero-order valence-electron chi connectivity index (χ0n) is 21.0. The molecule has 2 fully saturated rings. The van der Waals surface area contributed by atoms with Crippen molar-refractivity contribution < 1.29 is 14.3 Å². The molecule has 0 saturated carbocycles. The Kier molecular flexibility index (Phi) is 8.12. The molecule has 190 valence electrons. The molecule has 2 heterocycles. The number of ether oxygens (including phenoxy) is 2. The summed E-state index contributed by atoms with van der Waals surface area (Å²) >= 11 is 0. The van der Waals surface area contributed by atoms with E-state index < -0.39 is 0 Å². The Morgan fingerprint density at radius 3 is 2.43 bits per heavy atom. The van der Waals surface area contributed by atoms with Gasteiger partial charge in [-0.2, -0.15) is 0 Å². The van der Waals surface area contributed by atoms with Gasteiger partial charge < -0.3 is 19.3 Å². The van der Waals surface area contributed by atoms with Crippen molar-refractivity contribution in [1.29, 1.82) is 0 Å². The molecular formula is C28H38ClN3O3. The highest BCUT2D eigenvalue weighted by Crippen LogP contribution is 2.41. The summed E-state index contributed by atoms with van der Waals surface area (Å²) in [5.41, 5.74) is 3.95. The van der Waals surface area contributed by atoms with E-state index in [0.717, 1.165) is 76.3 Å². The van der Waals surface area contributed by atoms with Crippen molar-refractivity contribution in [3.05, 3.63) is 53.6 Å². The Morgan fingerprint density at radius 1 is 0.886 bits per heavy atom. The Hall–Kier alpha value is -2.44. The van der Waals surface area contributed by atoms with Gasteiger partial charge in [0.15, 0.2) is 0 Å². The van der Waals surface area contributed by atoms with Gasteiger partial charge in [0.1, 0.15) is 11.5 Å². The fraction of sp³-hybridized carbons (Fsp3) is 0.536. The lowest BCUT2D eigenvalue weighted by Crippen LogP contribution is -2.60. The number of nitrogens with zero attached hydrogens (tertiary/aromatic N) is 3. The number of benzene rings is 2. The predicted molar refractivity (Wildman–Crippen MR) is 142 cm³/mol. The number of rotatable bonds is 5. The molecule has 6 nitrogen and oxygen atoms in total.